The molecule has 0 radical (unpaired) electrons. The van der Waals surface area contributed by atoms with E-state index in [-0.39, 0.29) is 11.6 Å². The highest BCUT2D eigenvalue weighted by Crippen LogP contribution is 2.37. The van der Waals surface area contributed by atoms with Gasteiger partial charge >= 0.3 is 6.09 Å². The lowest BCUT2D eigenvalue weighted by atomic mass is 9.77. The second kappa shape index (κ2) is 10.2. The highest BCUT2D eigenvalue weighted by atomic mass is 35.5. The molecule has 0 aliphatic heterocycles. The van der Waals surface area contributed by atoms with Gasteiger partial charge in [-0.3, -0.25) is 15.5 Å². The normalized spacial score (nSPS) is 12.6. The number of hydrogen-bond acceptors (Lipinski definition) is 7. The first-order chi connectivity index (χ1) is 14.7. The number of nitrogens with zero attached hydrogens (tertiary/aromatic N) is 3. The Bertz CT molecular complexity index is 1110. The summed E-state index contributed by atoms with van der Waals surface area (Å²) in [5.74, 6) is -1.46. The number of carbonyl (C=O) groups is 2. The van der Waals surface area contributed by atoms with Crippen LogP contribution >= 0.6 is 11.6 Å². The van der Waals surface area contributed by atoms with Crippen LogP contribution in [-0.4, -0.2) is 24.3 Å². The molecule has 0 spiro atoms. The van der Waals surface area contributed by atoms with Gasteiger partial charge < -0.3 is 4.74 Å². The van der Waals surface area contributed by atoms with E-state index in [1.165, 1.54) is 30.3 Å². The maximum absolute atomic E-state index is 13.3. The first-order valence-electron chi connectivity index (χ1n) is 8.94. The minimum atomic E-state index is -1.15. The Kier molecular flexibility index (Phi) is 7.67. The fourth-order valence-corrected chi connectivity index (χ4v) is 2.99. The Balaban J connectivity index is 2.25. The Morgan fingerprint density at radius 3 is 2.45 bits per heavy atom. The Hall–Kier alpha value is -3.95. The zero-order valence-electron chi connectivity index (χ0n) is 16.6. The van der Waals surface area contributed by atoms with E-state index in [1.54, 1.807) is 32.0 Å². The summed E-state index contributed by atoms with van der Waals surface area (Å²) in [6.07, 6.45) is -1.00. The Morgan fingerprint density at radius 2 is 1.90 bits per heavy atom. The van der Waals surface area contributed by atoms with Crippen LogP contribution in [0, 0.1) is 28.5 Å². The number of rotatable bonds is 6. The van der Waals surface area contributed by atoms with Gasteiger partial charge in [-0.1, -0.05) is 29.8 Å². The second-order valence-electron chi connectivity index (χ2n) is 6.30. The molecule has 0 saturated carbocycles. The number of benzene rings is 2. The molecule has 2 aromatic rings. The zero-order valence-corrected chi connectivity index (χ0v) is 17.3. The quantitative estimate of drug-likeness (QED) is 0.517. The van der Waals surface area contributed by atoms with Crippen LogP contribution in [0.1, 0.15) is 25.0 Å². The van der Waals surface area contributed by atoms with Crippen molar-refractivity contribution in [2.45, 2.75) is 19.3 Å². The zero-order chi connectivity index (χ0) is 23.0. The molecule has 158 valence electrons. The van der Waals surface area contributed by atoms with E-state index in [1.807, 2.05) is 5.32 Å². The van der Waals surface area contributed by atoms with Crippen LogP contribution in [0.2, 0.25) is 5.02 Å². The lowest BCUT2D eigenvalue weighted by Crippen LogP contribution is -2.36. The fraction of sp³-hybridized carbons (Fsp3) is 0.190. The highest BCUT2D eigenvalue weighted by Gasteiger charge is 2.31. The largest absolute Gasteiger partial charge is 0.450 e. The van der Waals surface area contributed by atoms with Crippen molar-refractivity contribution in [1.29, 1.82) is 10.5 Å². The summed E-state index contributed by atoms with van der Waals surface area (Å²) in [5, 5.41) is 24.6. The van der Waals surface area contributed by atoms with Gasteiger partial charge in [0, 0.05) is 5.02 Å². The maximum Gasteiger partial charge on any atom is 0.414 e. The van der Waals surface area contributed by atoms with E-state index < -0.39 is 28.9 Å². The summed E-state index contributed by atoms with van der Waals surface area (Å²) in [6.45, 7) is 3.27. The molecule has 2 rings (SSSR count). The third-order valence-electron chi connectivity index (χ3n) is 4.26. The molecule has 2 amide bonds. The molecule has 1 atom stereocenters. The molecule has 2 aromatic carbocycles. The van der Waals surface area contributed by atoms with Crippen LogP contribution in [0.4, 0.5) is 14.9 Å². The van der Waals surface area contributed by atoms with Gasteiger partial charge in [0.2, 0.25) is 5.71 Å². The Morgan fingerprint density at radius 1 is 1.23 bits per heavy atom. The van der Waals surface area contributed by atoms with Crippen molar-refractivity contribution in [3.8, 4) is 12.1 Å². The number of carbonyl (C=O) groups excluding carboxylic acids is 2. The van der Waals surface area contributed by atoms with Crippen LogP contribution in [0.25, 0.3) is 0 Å². The van der Waals surface area contributed by atoms with Crippen molar-refractivity contribution in [3.05, 3.63) is 64.4 Å². The number of hydrogen-bond donors (Lipinski definition) is 2. The van der Waals surface area contributed by atoms with Crippen molar-refractivity contribution in [1.82, 2.24) is 5.32 Å². The molecule has 10 heteroatoms. The molecule has 0 aromatic heterocycles. The van der Waals surface area contributed by atoms with E-state index in [0.717, 1.165) is 0 Å². The van der Waals surface area contributed by atoms with Crippen molar-refractivity contribution >= 4 is 35.0 Å². The molecular formula is C21H17ClFN5O3. The standard InChI is InChI=1S/C21H17ClFN5O3/c1-3-31-20(30)26-19(29)18(11-24)28-27-15-8-9-16(17(22)10-15)21(2,12-25)13-4-6-14(23)7-5-13/h4-10,27H,3H2,1-2H3,(H,26,29,30). The number of ether oxygens (including phenoxy) is 1. The highest BCUT2D eigenvalue weighted by molar-refractivity contribution is 6.46. The maximum atomic E-state index is 13.3. The number of alkyl carbamates (subject to hydrolysis) is 1. The predicted molar refractivity (Wildman–Crippen MR) is 112 cm³/mol. The van der Waals surface area contributed by atoms with Crippen molar-refractivity contribution in [2.24, 2.45) is 5.10 Å². The first-order valence-corrected chi connectivity index (χ1v) is 9.32. The van der Waals surface area contributed by atoms with Crippen LogP contribution in [0.3, 0.4) is 0 Å². The molecule has 0 fully saturated rings. The molecule has 8 nitrogen and oxygen atoms in total. The predicted octanol–water partition coefficient (Wildman–Crippen LogP) is 3.87. The average molecular weight is 442 g/mol. The molecular weight excluding hydrogens is 425 g/mol. The Labute approximate surface area is 182 Å². The minimum Gasteiger partial charge on any atom is -0.450 e. The molecule has 1 unspecified atom stereocenters. The van der Waals surface area contributed by atoms with Crippen LogP contribution < -0.4 is 10.7 Å². The number of hydrazone groups is 1. The van der Waals surface area contributed by atoms with Gasteiger partial charge in [0.25, 0.3) is 5.91 Å². The number of amides is 2. The summed E-state index contributed by atoms with van der Waals surface area (Å²) < 4.78 is 17.8. The monoisotopic (exact) mass is 441 g/mol. The summed E-state index contributed by atoms with van der Waals surface area (Å²) in [5.41, 5.74) is 2.09. The van der Waals surface area contributed by atoms with E-state index in [4.69, 9.17) is 16.9 Å². The van der Waals surface area contributed by atoms with E-state index in [9.17, 15) is 19.2 Å². The third-order valence-corrected chi connectivity index (χ3v) is 4.57. The van der Waals surface area contributed by atoms with Gasteiger partial charge in [-0.25, -0.2) is 9.18 Å². The average Bonchev–Trinajstić information content (AvgIpc) is 2.74. The molecule has 0 aliphatic carbocycles. The topological polar surface area (TPSA) is 127 Å². The minimum absolute atomic E-state index is 0.0563. The lowest BCUT2D eigenvalue weighted by Gasteiger charge is -2.24. The van der Waals surface area contributed by atoms with Crippen molar-refractivity contribution in [3.63, 3.8) is 0 Å². The number of nitrogens with one attached hydrogen (secondary N) is 2. The van der Waals surface area contributed by atoms with Gasteiger partial charge in [0.05, 0.1) is 18.4 Å². The van der Waals surface area contributed by atoms with Gasteiger partial charge in [0.15, 0.2) is 0 Å². The molecule has 0 bridgehead atoms. The summed E-state index contributed by atoms with van der Waals surface area (Å²) in [4.78, 5) is 23.1. The molecule has 0 heterocycles. The molecule has 31 heavy (non-hydrogen) atoms. The molecule has 2 N–H and O–H groups in total. The summed E-state index contributed by atoms with van der Waals surface area (Å²) in [6, 6.07) is 13.9. The van der Waals surface area contributed by atoms with Crippen molar-refractivity contribution < 1.29 is 18.7 Å². The van der Waals surface area contributed by atoms with Crippen LogP contribution in [0.15, 0.2) is 47.6 Å². The van der Waals surface area contributed by atoms with Crippen LogP contribution in [-0.2, 0) is 14.9 Å². The van der Waals surface area contributed by atoms with E-state index in [2.05, 4.69) is 21.3 Å². The summed E-state index contributed by atoms with van der Waals surface area (Å²) >= 11 is 6.37. The van der Waals surface area contributed by atoms with Gasteiger partial charge in [-0.2, -0.15) is 15.6 Å². The van der Waals surface area contributed by atoms with Gasteiger partial charge in [-0.05, 0) is 49.2 Å². The molecule has 0 aliphatic rings. The first kappa shape index (κ1) is 23.3. The van der Waals surface area contributed by atoms with Crippen LogP contribution in [0.5, 0.6) is 0 Å². The fourth-order valence-electron chi connectivity index (χ4n) is 2.62. The van der Waals surface area contributed by atoms with E-state index >= 15 is 0 Å². The second-order valence-corrected chi connectivity index (χ2v) is 6.70. The van der Waals surface area contributed by atoms with Gasteiger partial charge in [-0.15, -0.1) is 0 Å². The smallest absolute Gasteiger partial charge is 0.414 e. The van der Waals surface area contributed by atoms with Gasteiger partial charge in [0.1, 0.15) is 17.3 Å². The number of anilines is 1. The number of nitriles is 2. The molecule has 0 saturated heterocycles. The lowest BCUT2D eigenvalue weighted by molar-refractivity contribution is -0.114. The SMILES string of the molecule is CCOC(=O)NC(=O)C(C#N)=NNc1ccc(C(C)(C#N)c2ccc(F)cc2)c(Cl)c1. The third kappa shape index (κ3) is 5.56. The van der Waals surface area contributed by atoms with Crippen molar-refractivity contribution in [2.75, 3.05) is 12.0 Å². The number of halogens is 2. The summed E-state index contributed by atoms with van der Waals surface area (Å²) in [7, 11) is 0. The van der Waals surface area contributed by atoms with E-state index in [0.29, 0.717) is 16.8 Å². The number of imide groups is 1.